The van der Waals surface area contributed by atoms with Crippen LogP contribution in [0, 0.1) is 0 Å². The summed E-state index contributed by atoms with van der Waals surface area (Å²) in [6, 6.07) is 0. The normalized spacial score (nSPS) is 12.0. The van der Waals surface area contributed by atoms with Crippen molar-refractivity contribution in [3.8, 4) is 0 Å². The van der Waals surface area contributed by atoms with Crippen molar-refractivity contribution in [2.24, 2.45) is 5.73 Å². The van der Waals surface area contributed by atoms with Crippen LogP contribution >= 0.6 is 0 Å². The summed E-state index contributed by atoms with van der Waals surface area (Å²) in [6.07, 6.45) is 0. The molecule has 0 aliphatic rings. The number of hydrogen-bond donors (Lipinski definition) is 7. The van der Waals surface area contributed by atoms with Gasteiger partial charge in [-0.05, 0) is 0 Å². The van der Waals surface area contributed by atoms with E-state index < -0.39 is 5.97 Å². The second kappa shape index (κ2) is 8.98. The van der Waals surface area contributed by atoms with Gasteiger partial charge in [0.15, 0.2) is 0 Å². The molecule has 15 heavy (non-hydrogen) atoms. The van der Waals surface area contributed by atoms with E-state index in [1.807, 2.05) is 0 Å². The summed E-state index contributed by atoms with van der Waals surface area (Å²) in [5.41, 5.74) is 5.29. The Bertz CT molecular complexity index is 140. The van der Waals surface area contributed by atoms with Gasteiger partial charge in [0, 0.05) is 39.3 Å². The highest BCUT2D eigenvalue weighted by Gasteiger charge is 2.15. The summed E-state index contributed by atoms with van der Waals surface area (Å²) >= 11 is 0. The molecule has 0 atom stereocenters. The molecule has 0 unspecified atom stereocenters. The van der Waals surface area contributed by atoms with E-state index >= 15 is 0 Å². The Balaban J connectivity index is 2.99. The van der Waals surface area contributed by atoms with Crippen LogP contribution in [0.1, 0.15) is 0 Å². The third-order valence-corrected chi connectivity index (χ3v) is 1.64. The molecule has 0 rings (SSSR count). The second-order valence-electron chi connectivity index (χ2n) is 3.24. The van der Waals surface area contributed by atoms with Crippen LogP contribution in [0.15, 0.2) is 0 Å². The minimum atomic E-state index is -2.62. The van der Waals surface area contributed by atoms with Gasteiger partial charge in [-0.25, -0.2) is 0 Å². The summed E-state index contributed by atoms with van der Waals surface area (Å²) in [6.45, 7) is 4.10. The van der Waals surface area contributed by atoms with E-state index in [-0.39, 0.29) is 6.54 Å². The van der Waals surface area contributed by atoms with E-state index in [1.165, 1.54) is 0 Å². The third-order valence-electron chi connectivity index (χ3n) is 1.64. The number of hydrogen-bond acceptors (Lipinski definition) is 7. The van der Waals surface area contributed by atoms with Gasteiger partial charge in [0.2, 0.25) is 0 Å². The first-order chi connectivity index (χ1) is 7.06. The number of aliphatic hydroxyl groups is 3. The van der Waals surface area contributed by atoms with E-state index in [9.17, 15) is 0 Å². The van der Waals surface area contributed by atoms with Gasteiger partial charge in [-0.3, -0.25) is 0 Å². The average Bonchev–Trinajstić information content (AvgIpc) is 2.14. The van der Waals surface area contributed by atoms with Crippen LogP contribution < -0.4 is 21.7 Å². The zero-order chi connectivity index (χ0) is 11.6. The zero-order valence-electron chi connectivity index (χ0n) is 8.87. The highest BCUT2D eigenvalue weighted by Crippen LogP contribution is 1.86. The molecule has 8 N–H and O–H groups in total. The van der Waals surface area contributed by atoms with Gasteiger partial charge >= 0.3 is 0 Å². The summed E-state index contributed by atoms with van der Waals surface area (Å²) in [4.78, 5) is 0. The lowest BCUT2D eigenvalue weighted by atomic mass is 10.5. The Kier molecular flexibility index (Phi) is 8.82. The average molecular weight is 222 g/mol. The Labute approximate surface area is 89.7 Å². The molecule has 0 aromatic heterocycles. The molecule has 0 saturated heterocycles. The van der Waals surface area contributed by atoms with Crippen molar-refractivity contribution >= 4 is 0 Å². The predicted octanol–water partition coefficient (Wildman–Crippen LogP) is -3.66. The van der Waals surface area contributed by atoms with Gasteiger partial charge in [-0.2, -0.15) is 0 Å². The van der Waals surface area contributed by atoms with Gasteiger partial charge < -0.3 is 37.0 Å². The van der Waals surface area contributed by atoms with Crippen molar-refractivity contribution in [3.63, 3.8) is 0 Å². The first-order valence-electron chi connectivity index (χ1n) is 5.05. The van der Waals surface area contributed by atoms with Crippen molar-refractivity contribution in [3.05, 3.63) is 0 Å². The molecule has 0 heterocycles. The third kappa shape index (κ3) is 13.7. The standard InChI is InChI=1S/C8H22N4O3/c9-1-2-10-3-4-11-5-6-12-7-8(13,14)15/h10-15H,1-7,9H2. The lowest BCUT2D eigenvalue weighted by Gasteiger charge is -2.14. The van der Waals surface area contributed by atoms with Crippen molar-refractivity contribution in [1.82, 2.24) is 16.0 Å². The van der Waals surface area contributed by atoms with Gasteiger partial charge in [-0.15, -0.1) is 0 Å². The SMILES string of the molecule is NCCNCCNCCNCC(O)(O)O. The van der Waals surface area contributed by atoms with E-state index in [0.717, 1.165) is 19.6 Å². The van der Waals surface area contributed by atoms with Gasteiger partial charge in [-0.1, -0.05) is 0 Å². The van der Waals surface area contributed by atoms with E-state index in [0.29, 0.717) is 19.6 Å². The van der Waals surface area contributed by atoms with Crippen molar-refractivity contribution < 1.29 is 15.3 Å². The fourth-order valence-corrected chi connectivity index (χ4v) is 0.962. The smallest absolute Gasteiger partial charge is 0.288 e. The maximum absolute atomic E-state index is 8.52. The van der Waals surface area contributed by atoms with Crippen LogP contribution in [0.3, 0.4) is 0 Å². The monoisotopic (exact) mass is 222 g/mol. The van der Waals surface area contributed by atoms with E-state index in [2.05, 4.69) is 16.0 Å². The molecule has 0 aliphatic carbocycles. The Hall–Kier alpha value is -0.280. The highest BCUT2D eigenvalue weighted by molar-refractivity contribution is 4.57. The quantitative estimate of drug-likeness (QED) is 0.150. The summed E-state index contributed by atoms with van der Waals surface area (Å²) in [5, 5.41) is 34.5. The van der Waals surface area contributed by atoms with Crippen LogP contribution in [0.2, 0.25) is 0 Å². The molecule has 0 spiro atoms. The minimum absolute atomic E-state index is 0.264. The number of nitrogens with one attached hydrogen (secondary N) is 3. The topological polar surface area (TPSA) is 123 Å². The zero-order valence-corrected chi connectivity index (χ0v) is 8.87. The molecular weight excluding hydrogens is 200 g/mol. The molecule has 7 heteroatoms. The fraction of sp³-hybridized carbons (Fsp3) is 1.00. The number of nitrogens with two attached hydrogens (primary N) is 1. The molecular formula is C8H22N4O3. The predicted molar refractivity (Wildman–Crippen MR) is 57.1 cm³/mol. The Morgan fingerprint density at radius 1 is 0.800 bits per heavy atom. The molecule has 0 radical (unpaired) electrons. The largest absolute Gasteiger partial charge is 0.343 e. The first-order valence-corrected chi connectivity index (χ1v) is 5.05. The molecule has 0 bridgehead atoms. The lowest BCUT2D eigenvalue weighted by Crippen LogP contribution is -2.42. The molecule has 0 aromatic carbocycles. The summed E-state index contributed by atoms with van der Waals surface area (Å²) in [5.74, 6) is -2.62. The molecule has 0 amide bonds. The molecule has 92 valence electrons. The van der Waals surface area contributed by atoms with Crippen LogP contribution in [0.5, 0.6) is 0 Å². The molecule has 0 aliphatic heterocycles. The second-order valence-corrected chi connectivity index (χ2v) is 3.24. The van der Waals surface area contributed by atoms with Gasteiger partial charge in [0.05, 0.1) is 6.54 Å². The van der Waals surface area contributed by atoms with E-state index in [4.69, 9.17) is 21.1 Å². The summed E-state index contributed by atoms with van der Waals surface area (Å²) < 4.78 is 0. The molecule has 7 nitrogen and oxygen atoms in total. The van der Waals surface area contributed by atoms with Crippen molar-refractivity contribution in [1.29, 1.82) is 0 Å². The lowest BCUT2D eigenvalue weighted by molar-refractivity contribution is -0.306. The Morgan fingerprint density at radius 2 is 1.27 bits per heavy atom. The highest BCUT2D eigenvalue weighted by atomic mass is 16.7. The number of rotatable bonds is 10. The molecule has 0 saturated carbocycles. The minimum Gasteiger partial charge on any atom is -0.343 e. The van der Waals surface area contributed by atoms with E-state index in [1.54, 1.807) is 0 Å². The van der Waals surface area contributed by atoms with Crippen LogP contribution in [0.4, 0.5) is 0 Å². The Morgan fingerprint density at radius 3 is 1.73 bits per heavy atom. The van der Waals surface area contributed by atoms with Crippen LogP contribution in [-0.4, -0.2) is 67.1 Å². The maximum atomic E-state index is 8.52. The van der Waals surface area contributed by atoms with Crippen LogP contribution in [0.25, 0.3) is 0 Å². The van der Waals surface area contributed by atoms with Gasteiger partial charge in [0.1, 0.15) is 0 Å². The molecule has 0 fully saturated rings. The fourth-order valence-electron chi connectivity index (χ4n) is 0.962. The van der Waals surface area contributed by atoms with Crippen LogP contribution in [-0.2, 0) is 0 Å². The molecule has 0 aromatic rings. The van der Waals surface area contributed by atoms with Gasteiger partial charge in [0.25, 0.3) is 5.97 Å². The van der Waals surface area contributed by atoms with Crippen molar-refractivity contribution in [2.45, 2.75) is 5.97 Å². The first kappa shape index (κ1) is 14.7. The van der Waals surface area contributed by atoms with Crippen molar-refractivity contribution in [2.75, 3.05) is 45.8 Å². The maximum Gasteiger partial charge on any atom is 0.288 e. The summed E-state index contributed by atoms with van der Waals surface area (Å²) in [7, 11) is 0.